The molecule has 1 aromatic heterocycles. The molecule has 1 aromatic carbocycles. The van der Waals surface area contributed by atoms with Crippen LogP contribution in [0.25, 0.3) is 11.1 Å². The molecule has 0 aliphatic rings. The summed E-state index contributed by atoms with van der Waals surface area (Å²) in [4.78, 5) is 29.0. The van der Waals surface area contributed by atoms with Crippen molar-refractivity contribution in [3.05, 3.63) is 46.6 Å². The number of nitrogens with zero attached hydrogens (tertiary/aromatic N) is 1. The average molecular weight is 287 g/mol. The van der Waals surface area contributed by atoms with E-state index in [-0.39, 0.29) is 0 Å². The Bertz CT molecular complexity index is 709. The SMILES string of the molecule is CC(C)(C)OC(=O)c1ccc(-c2cnc(=O)[nH]c2)c(N)c1. The standard InChI is InChI=1S/C15H17N3O3/c1-15(2,3)21-13(19)9-4-5-11(12(16)6-9)10-7-17-14(20)18-8-10/h4-8H,16H2,1-3H3,(H,17,18,20). The predicted molar refractivity (Wildman–Crippen MR) is 79.9 cm³/mol. The Labute approximate surface area is 122 Å². The molecule has 0 spiro atoms. The van der Waals surface area contributed by atoms with Crippen molar-refractivity contribution >= 4 is 11.7 Å². The highest BCUT2D eigenvalue weighted by molar-refractivity contribution is 5.92. The summed E-state index contributed by atoms with van der Waals surface area (Å²) >= 11 is 0. The number of nitrogens with two attached hydrogens (primary N) is 1. The molecule has 1 heterocycles. The van der Waals surface area contributed by atoms with Gasteiger partial charge in [0.25, 0.3) is 0 Å². The number of nitrogens with one attached hydrogen (secondary N) is 1. The predicted octanol–water partition coefficient (Wildman–Crippen LogP) is 1.97. The second-order valence-electron chi connectivity index (χ2n) is 5.61. The molecule has 6 nitrogen and oxygen atoms in total. The van der Waals surface area contributed by atoms with Crippen LogP contribution in [0.2, 0.25) is 0 Å². The molecule has 0 atom stereocenters. The summed E-state index contributed by atoms with van der Waals surface area (Å²) in [6.07, 6.45) is 2.95. The quantitative estimate of drug-likeness (QED) is 0.650. The number of benzene rings is 1. The number of nitrogen functional groups attached to an aromatic ring is 1. The molecule has 0 unspecified atom stereocenters. The Hall–Kier alpha value is -2.63. The van der Waals surface area contributed by atoms with Crippen LogP contribution in [-0.2, 0) is 4.74 Å². The topological polar surface area (TPSA) is 98.1 Å². The van der Waals surface area contributed by atoms with Crippen LogP contribution < -0.4 is 11.4 Å². The van der Waals surface area contributed by atoms with Crippen LogP contribution in [0.3, 0.4) is 0 Å². The highest BCUT2D eigenvalue weighted by Crippen LogP contribution is 2.26. The molecule has 0 amide bonds. The first-order valence-electron chi connectivity index (χ1n) is 6.44. The fraction of sp³-hybridized carbons (Fsp3) is 0.267. The molecule has 0 bridgehead atoms. The van der Waals surface area contributed by atoms with Crippen LogP contribution in [0, 0.1) is 0 Å². The van der Waals surface area contributed by atoms with Gasteiger partial charge in [-0.25, -0.2) is 14.6 Å². The number of H-pyrrole nitrogens is 1. The third-order valence-electron chi connectivity index (χ3n) is 2.67. The van der Waals surface area contributed by atoms with E-state index in [1.807, 2.05) is 0 Å². The zero-order valence-electron chi connectivity index (χ0n) is 12.1. The molecule has 110 valence electrons. The fourth-order valence-electron chi connectivity index (χ4n) is 1.78. The van der Waals surface area contributed by atoms with Crippen molar-refractivity contribution in [2.75, 3.05) is 5.73 Å². The molecule has 0 fully saturated rings. The van der Waals surface area contributed by atoms with E-state index in [2.05, 4.69) is 9.97 Å². The van der Waals surface area contributed by atoms with Crippen LogP contribution in [0.15, 0.2) is 35.4 Å². The molecular formula is C15H17N3O3. The lowest BCUT2D eigenvalue weighted by molar-refractivity contribution is 0.00696. The number of hydrogen-bond acceptors (Lipinski definition) is 5. The first-order valence-corrected chi connectivity index (χ1v) is 6.44. The van der Waals surface area contributed by atoms with Gasteiger partial charge in [-0.3, -0.25) is 0 Å². The van der Waals surface area contributed by atoms with E-state index in [0.717, 1.165) is 0 Å². The van der Waals surface area contributed by atoms with Gasteiger partial charge in [-0.05, 0) is 32.9 Å². The molecule has 3 N–H and O–H groups in total. The molecule has 6 heteroatoms. The van der Waals surface area contributed by atoms with Crippen molar-refractivity contribution in [3.8, 4) is 11.1 Å². The van der Waals surface area contributed by atoms with Gasteiger partial charge < -0.3 is 15.5 Å². The summed E-state index contributed by atoms with van der Waals surface area (Å²) in [6.45, 7) is 5.40. The molecule has 0 radical (unpaired) electrons. The summed E-state index contributed by atoms with van der Waals surface area (Å²) in [5.41, 5.74) is 7.12. The minimum Gasteiger partial charge on any atom is -0.456 e. The minimum absolute atomic E-state index is 0.378. The minimum atomic E-state index is -0.562. The number of aromatic nitrogens is 2. The first kappa shape index (κ1) is 14.8. The highest BCUT2D eigenvalue weighted by atomic mass is 16.6. The average Bonchev–Trinajstić information content (AvgIpc) is 2.38. The molecule has 0 saturated heterocycles. The summed E-state index contributed by atoms with van der Waals surface area (Å²) in [6, 6.07) is 4.88. The van der Waals surface area contributed by atoms with Crippen molar-refractivity contribution in [2.24, 2.45) is 0 Å². The van der Waals surface area contributed by atoms with E-state index in [9.17, 15) is 9.59 Å². The van der Waals surface area contributed by atoms with Gasteiger partial charge in [-0.15, -0.1) is 0 Å². The van der Waals surface area contributed by atoms with Crippen LogP contribution in [0.4, 0.5) is 5.69 Å². The monoisotopic (exact) mass is 287 g/mol. The van der Waals surface area contributed by atoms with Crippen LogP contribution in [0.5, 0.6) is 0 Å². The van der Waals surface area contributed by atoms with Crippen molar-refractivity contribution in [1.29, 1.82) is 0 Å². The number of carbonyl (C=O) groups excluding carboxylic acids is 1. The van der Waals surface area contributed by atoms with Gasteiger partial charge in [0, 0.05) is 29.2 Å². The van der Waals surface area contributed by atoms with Crippen LogP contribution in [-0.4, -0.2) is 21.5 Å². The van der Waals surface area contributed by atoms with Crippen LogP contribution in [0.1, 0.15) is 31.1 Å². The summed E-state index contributed by atoms with van der Waals surface area (Å²) in [7, 11) is 0. The van der Waals surface area contributed by atoms with Gasteiger partial charge in [0.05, 0.1) is 5.56 Å². The van der Waals surface area contributed by atoms with Crippen molar-refractivity contribution < 1.29 is 9.53 Å². The number of anilines is 1. The number of ether oxygens (including phenoxy) is 1. The number of hydrogen-bond donors (Lipinski definition) is 2. The van der Waals surface area contributed by atoms with E-state index in [1.165, 1.54) is 12.4 Å². The molecule has 0 aliphatic heterocycles. The summed E-state index contributed by atoms with van der Waals surface area (Å²) < 4.78 is 5.29. The van der Waals surface area contributed by atoms with Gasteiger partial charge in [0.1, 0.15) is 5.60 Å². The van der Waals surface area contributed by atoms with Crippen molar-refractivity contribution in [3.63, 3.8) is 0 Å². The fourth-order valence-corrected chi connectivity index (χ4v) is 1.78. The van der Waals surface area contributed by atoms with Gasteiger partial charge in [-0.1, -0.05) is 6.07 Å². The van der Waals surface area contributed by atoms with E-state index in [0.29, 0.717) is 22.4 Å². The smallest absolute Gasteiger partial charge is 0.344 e. The summed E-state index contributed by atoms with van der Waals surface area (Å²) in [5, 5.41) is 0. The molecule has 0 saturated carbocycles. The third-order valence-corrected chi connectivity index (χ3v) is 2.67. The Morgan fingerprint density at radius 3 is 2.57 bits per heavy atom. The Morgan fingerprint density at radius 1 is 1.33 bits per heavy atom. The lowest BCUT2D eigenvalue weighted by Gasteiger charge is -2.19. The Balaban J connectivity index is 2.31. The lowest BCUT2D eigenvalue weighted by atomic mass is 10.0. The maximum Gasteiger partial charge on any atom is 0.344 e. The normalized spacial score (nSPS) is 11.2. The molecular weight excluding hydrogens is 270 g/mol. The van der Waals surface area contributed by atoms with Gasteiger partial charge >= 0.3 is 11.7 Å². The maximum absolute atomic E-state index is 12.0. The number of aromatic amines is 1. The second-order valence-corrected chi connectivity index (χ2v) is 5.61. The van der Waals surface area contributed by atoms with Gasteiger partial charge in [-0.2, -0.15) is 0 Å². The largest absolute Gasteiger partial charge is 0.456 e. The van der Waals surface area contributed by atoms with E-state index >= 15 is 0 Å². The number of carbonyl (C=O) groups is 1. The Kier molecular flexibility index (Phi) is 3.80. The van der Waals surface area contributed by atoms with Crippen LogP contribution >= 0.6 is 0 Å². The highest BCUT2D eigenvalue weighted by Gasteiger charge is 2.18. The molecule has 2 rings (SSSR count). The Morgan fingerprint density at radius 2 is 2.05 bits per heavy atom. The van der Waals surface area contributed by atoms with E-state index < -0.39 is 17.3 Å². The van der Waals surface area contributed by atoms with Gasteiger partial charge in [0.15, 0.2) is 0 Å². The molecule has 0 aliphatic carbocycles. The number of esters is 1. The zero-order chi connectivity index (χ0) is 15.6. The zero-order valence-corrected chi connectivity index (χ0v) is 12.1. The van der Waals surface area contributed by atoms with Crippen molar-refractivity contribution in [2.45, 2.75) is 26.4 Å². The van der Waals surface area contributed by atoms with E-state index in [1.54, 1.807) is 39.0 Å². The maximum atomic E-state index is 12.0. The van der Waals surface area contributed by atoms with E-state index in [4.69, 9.17) is 10.5 Å². The lowest BCUT2D eigenvalue weighted by Crippen LogP contribution is -2.23. The van der Waals surface area contributed by atoms with Crippen molar-refractivity contribution in [1.82, 2.24) is 9.97 Å². The summed E-state index contributed by atoms with van der Waals surface area (Å²) in [5.74, 6) is -0.430. The molecule has 2 aromatic rings. The first-order chi connectivity index (χ1) is 9.76. The number of rotatable bonds is 2. The third kappa shape index (κ3) is 3.68. The van der Waals surface area contributed by atoms with Gasteiger partial charge in [0.2, 0.25) is 0 Å². The second kappa shape index (κ2) is 5.40. The molecule has 21 heavy (non-hydrogen) atoms.